The van der Waals surface area contributed by atoms with Gasteiger partial charge in [-0.1, -0.05) is 0 Å². The molecule has 4 heteroatoms. The van der Waals surface area contributed by atoms with Gasteiger partial charge in [0.2, 0.25) is 0 Å². The van der Waals surface area contributed by atoms with Crippen LogP contribution in [0.3, 0.4) is 0 Å². The van der Waals surface area contributed by atoms with Crippen molar-refractivity contribution >= 4 is 0 Å². The van der Waals surface area contributed by atoms with E-state index in [1.165, 1.54) is 12.1 Å². The number of alkyl halides is 1. The number of phenols is 2. The fourth-order valence-corrected chi connectivity index (χ4v) is 1.10. The van der Waals surface area contributed by atoms with Crippen molar-refractivity contribution < 1.29 is 14.6 Å². The van der Waals surface area contributed by atoms with Crippen LogP contribution in [0.15, 0.2) is 18.2 Å². The summed E-state index contributed by atoms with van der Waals surface area (Å²) in [7, 11) is 0. The van der Waals surface area contributed by atoms with Crippen LogP contribution in [0, 0.1) is 0 Å². The summed E-state index contributed by atoms with van der Waals surface area (Å²) in [6.07, 6.45) is -1.11. The fraction of sp³-hybridized carbons (Fsp3) is 0.333. The average molecular weight is 185 g/mol. The molecule has 1 atom stereocenters. The molecule has 0 aliphatic rings. The minimum absolute atomic E-state index is 0.0822. The van der Waals surface area contributed by atoms with E-state index >= 15 is 0 Å². The molecular weight excluding hydrogens is 173 g/mol. The molecule has 72 valence electrons. The second-order valence-corrected chi connectivity index (χ2v) is 2.79. The van der Waals surface area contributed by atoms with Gasteiger partial charge in [-0.2, -0.15) is 0 Å². The molecule has 1 rings (SSSR count). The first-order valence-electron chi connectivity index (χ1n) is 4.01. The van der Waals surface area contributed by atoms with Crippen LogP contribution in [0.2, 0.25) is 0 Å². The Morgan fingerprint density at radius 1 is 1.38 bits per heavy atom. The second-order valence-electron chi connectivity index (χ2n) is 2.79. The first kappa shape index (κ1) is 9.80. The van der Waals surface area contributed by atoms with Crippen molar-refractivity contribution in [3.05, 3.63) is 23.8 Å². The lowest BCUT2D eigenvalue weighted by Gasteiger charge is -2.08. The predicted octanol–water partition coefficient (Wildman–Crippen LogP) is 1.46. The van der Waals surface area contributed by atoms with Crippen LogP contribution in [-0.2, 0) is 0 Å². The van der Waals surface area contributed by atoms with E-state index in [0.29, 0.717) is 0 Å². The van der Waals surface area contributed by atoms with Gasteiger partial charge < -0.3 is 15.9 Å². The SMILES string of the molecule is NCCC(F)c1ccc(O)cc1O. The van der Waals surface area contributed by atoms with Crippen LogP contribution < -0.4 is 5.73 Å². The lowest BCUT2D eigenvalue weighted by atomic mass is 10.1. The number of aromatic hydroxyl groups is 2. The Bertz CT molecular complexity index is 291. The number of rotatable bonds is 3. The van der Waals surface area contributed by atoms with E-state index < -0.39 is 6.17 Å². The lowest BCUT2D eigenvalue weighted by molar-refractivity contribution is 0.315. The molecule has 1 aromatic carbocycles. The molecule has 0 aliphatic heterocycles. The number of hydrogen-bond acceptors (Lipinski definition) is 3. The Hall–Kier alpha value is -1.29. The zero-order valence-corrected chi connectivity index (χ0v) is 7.07. The smallest absolute Gasteiger partial charge is 0.130 e. The molecule has 0 spiro atoms. The molecule has 0 saturated carbocycles. The van der Waals surface area contributed by atoms with Crippen molar-refractivity contribution in [1.82, 2.24) is 0 Å². The van der Waals surface area contributed by atoms with Crippen molar-refractivity contribution in [2.24, 2.45) is 5.73 Å². The molecular formula is C9H12FNO2. The minimum Gasteiger partial charge on any atom is -0.508 e. The van der Waals surface area contributed by atoms with Gasteiger partial charge >= 0.3 is 0 Å². The fourth-order valence-electron chi connectivity index (χ4n) is 1.10. The van der Waals surface area contributed by atoms with Gasteiger partial charge in [0.05, 0.1) is 0 Å². The first-order chi connectivity index (χ1) is 6.15. The van der Waals surface area contributed by atoms with E-state index in [-0.39, 0.29) is 30.0 Å². The van der Waals surface area contributed by atoms with E-state index in [1.54, 1.807) is 0 Å². The number of nitrogens with two attached hydrogens (primary N) is 1. The molecule has 0 amide bonds. The number of benzene rings is 1. The molecule has 0 fully saturated rings. The molecule has 0 radical (unpaired) electrons. The quantitative estimate of drug-likeness (QED) is 0.667. The zero-order chi connectivity index (χ0) is 9.84. The Morgan fingerprint density at radius 2 is 2.08 bits per heavy atom. The standard InChI is InChI=1S/C9H12FNO2/c10-8(3-4-11)7-2-1-6(12)5-9(7)13/h1-2,5,8,12-13H,3-4,11H2. The highest BCUT2D eigenvalue weighted by molar-refractivity contribution is 5.40. The maximum atomic E-state index is 13.2. The van der Waals surface area contributed by atoms with Crippen molar-refractivity contribution in [3.63, 3.8) is 0 Å². The molecule has 1 unspecified atom stereocenters. The van der Waals surface area contributed by atoms with Crippen molar-refractivity contribution in [1.29, 1.82) is 0 Å². The number of phenolic OH excluding ortho intramolecular Hbond substituents is 2. The third-order valence-corrected chi connectivity index (χ3v) is 1.77. The zero-order valence-electron chi connectivity index (χ0n) is 7.07. The topological polar surface area (TPSA) is 66.5 Å². The van der Waals surface area contributed by atoms with Crippen molar-refractivity contribution in [2.45, 2.75) is 12.6 Å². The highest BCUT2D eigenvalue weighted by atomic mass is 19.1. The van der Waals surface area contributed by atoms with E-state index in [2.05, 4.69) is 0 Å². The molecule has 3 nitrogen and oxygen atoms in total. The third-order valence-electron chi connectivity index (χ3n) is 1.77. The largest absolute Gasteiger partial charge is 0.508 e. The molecule has 0 aromatic heterocycles. The summed E-state index contributed by atoms with van der Waals surface area (Å²) in [6.45, 7) is 0.224. The summed E-state index contributed by atoms with van der Waals surface area (Å²) < 4.78 is 13.2. The maximum absolute atomic E-state index is 13.2. The van der Waals surface area contributed by atoms with Gasteiger partial charge in [-0.15, -0.1) is 0 Å². The van der Waals surface area contributed by atoms with Crippen LogP contribution in [0.5, 0.6) is 11.5 Å². The van der Waals surface area contributed by atoms with Crippen LogP contribution >= 0.6 is 0 Å². The van der Waals surface area contributed by atoms with E-state index in [1.807, 2.05) is 0 Å². The summed E-state index contributed by atoms with van der Waals surface area (Å²) in [5, 5.41) is 18.2. The monoisotopic (exact) mass is 185 g/mol. The van der Waals surface area contributed by atoms with Gasteiger partial charge in [-0.25, -0.2) is 4.39 Å². The molecule has 0 aliphatic carbocycles. The number of hydrogen-bond donors (Lipinski definition) is 3. The predicted molar refractivity (Wildman–Crippen MR) is 47.3 cm³/mol. The molecule has 0 bridgehead atoms. The van der Waals surface area contributed by atoms with E-state index in [9.17, 15) is 9.50 Å². The third kappa shape index (κ3) is 2.32. The van der Waals surface area contributed by atoms with Gasteiger partial charge in [0.1, 0.15) is 17.7 Å². The summed E-state index contributed by atoms with van der Waals surface area (Å²) in [5.41, 5.74) is 5.35. The Morgan fingerprint density at radius 3 is 2.62 bits per heavy atom. The van der Waals surface area contributed by atoms with Gasteiger partial charge in [0.15, 0.2) is 0 Å². The van der Waals surface area contributed by atoms with Gasteiger partial charge in [-0.3, -0.25) is 0 Å². The summed E-state index contributed by atoms with van der Waals surface area (Å²) in [6, 6.07) is 3.79. The normalized spacial score (nSPS) is 12.8. The Labute approximate surface area is 75.6 Å². The first-order valence-corrected chi connectivity index (χ1v) is 4.01. The summed E-state index contributed by atoms with van der Waals surface area (Å²) in [4.78, 5) is 0. The second kappa shape index (κ2) is 4.09. The Balaban J connectivity index is 2.88. The highest BCUT2D eigenvalue weighted by Crippen LogP contribution is 2.31. The van der Waals surface area contributed by atoms with Crippen LogP contribution in [-0.4, -0.2) is 16.8 Å². The molecule has 13 heavy (non-hydrogen) atoms. The summed E-state index contributed by atoms with van der Waals surface area (Å²) >= 11 is 0. The molecule has 1 aromatic rings. The maximum Gasteiger partial charge on any atom is 0.130 e. The van der Waals surface area contributed by atoms with Gasteiger partial charge in [0, 0.05) is 11.6 Å². The molecule has 0 heterocycles. The van der Waals surface area contributed by atoms with Crippen molar-refractivity contribution in [3.8, 4) is 11.5 Å². The van der Waals surface area contributed by atoms with Gasteiger partial charge in [0.25, 0.3) is 0 Å². The molecule has 0 saturated heterocycles. The summed E-state index contributed by atoms with van der Waals surface area (Å²) in [5.74, 6) is -0.317. The van der Waals surface area contributed by atoms with E-state index in [0.717, 1.165) is 6.07 Å². The minimum atomic E-state index is -1.27. The van der Waals surface area contributed by atoms with Crippen LogP contribution in [0.25, 0.3) is 0 Å². The molecule has 4 N–H and O–H groups in total. The van der Waals surface area contributed by atoms with E-state index in [4.69, 9.17) is 10.8 Å². The lowest BCUT2D eigenvalue weighted by Crippen LogP contribution is -2.03. The number of halogens is 1. The van der Waals surface area contributed by atoms with Gasteiger partial charge in [-0.05, 0) is 25.1 Å². The Kier molecular flexibility index (Phi) is 3.08. The van der Waals surface area contributed by atoms with Crippen LogP contribution in [0.1, 0.15) is 18.2 Å². The average Bonchev–Trinajstić information content (AvgIpc) is 2.04. The van der Waals surface area contributed by atoms with Crippen molar-refractivity contribution in [2.75, 3.05) is 6.54 Å². The van der Waals surface area contributed by atoms with Crippen LogP contribution in [0.4, 0.5) is 4.39 Å². The highest BCUT2D eigenvalue weighted by Gasteiger charge is 2.13.